The summed E-state index contributed by atoms with van der Waals surface area (Å²) in [7, 11) is 0. The number of aromatic nitrogens is 4. The zero-order chi connectivity index (χ0) is 24.2. The van der Waals surface area contributed by atoms with Crippen molar-refractivity contribution in [2.75, 3.05) is 6.54 Å². The number of amides is 2. The van der Waals surface area contributed by atoms with Crippen molar-refractivity contribution in [3.8, 4) is 5.69 Å². The lowest BCUT2D eigenvalue weighted by Gasteiger charge is -2.30. The molecule has 1 fully saturated rings. The van der Waals surface area contributed by atoms with Gasteiger partial charge in [-0.15, -0.1) is 0 Å². The van der Waals surface area contributed by atoms with Crippen molar-refractivity contribution in [1.29, 1.82) is 0 Å². The number of carbonyl (C=O) groups is 2. The Bertz CT molecular complexity index is 1280. The van der Waals surface area contributed by atoms with Crippen molar-refractivity contribution >= 4 is 22.7 Å². The Morgan fingerprint density at radius 3 is 2.94 bits per heavy atom. The zero-order valence-electron chi connectivity index (χ0n) is 19.6. The molecule has 0 spiro atoms. The Morgan fingerprint density at radius 1 is 1.20 bits per heavy atom. The van der Waals surface area contributed by atoms with Crippen LogP contribution in [0.3, 0.4) is 0 Å². The van der Waals surface area contributed by atoms with E-state index in [2.05, 4.69) is 43.1 Å². The molecule has 35 heavy (non-hydrogen) atoms. The van der Waals surface area contributed by atoms with Gasteiger partial charge in [-0.1, -0.05) is 12.1 Å². The maximum atomic E-state index is 13.0. The highest BCUT2D eigenvalue weighted by molar-refractivity contribution is 5.89. The van der Waals surface area contributed by atoms with E-state index in [9.17, 15) is 9.59 Å². The molecule has 9 heteroatoms. The van der Waals surface area contributed by atoms with Gasteiger partial charge in [0.25, 0.3) is 0 Å². The van der Waals surface area contributed by atoms with Crippen LogP contribution in [0.25, 0.3) is 16.6 Å². The first kappa shape index (κ1) is 22.8. The molecule has 0 saturated carbocycles. The van der Waals surface area contributed by atoms with Crippen molar-refractivity contribution in [3.05, 3.63) is 78.5 Å². The average molecular weight is 472 g/mol. The van der Waals surface area contributed by atoms with Crippen molar-refractivity contribution in [2.45, 2.75) is 44.3 Å². The lowest BCUT2D eigenvalue weighted by atomic mass is 9.86. The van der Waals surface area contributed by atoms with Crippen LogP contribution in [0.5, 0.6) is 0 Å². The number of H-pyrrole nitrogens is 1. The minimum Gasteiger partial charge on any atom is -0.357 e. The first-order valence-electron chi connectivity index (χ1n) is 11.9. The summed E-state index contributed by atoms with van der Waals surface area (Å²) in [5, 5.41) is 14.4. The summed E-state index contributed by atoms with van der Waals surface area (Å²) < 4.78 is 1.84. The molecule has 5 rings (SSSR count). The molecule has 0 bridgehead atoms. The molecule has 1 saturated heterocycles. The highest BCUT2D eigenvalue weighted by atomic mass is 16.2. The Hall–Kier alpha value is -3.98. The van der Waals surface area contributed by atoms with Crippen LogP contribution in [0.2, 0.25) is 0 Å². The predicted molar refractivity (Wildman–Crippen MR) is 133 cm³/mol. The smallest absolute Gasteiger partial charge is 0.242 e. The molecule has 0 aliphatic carbocycles. The van der Waals surface area contributed by atoms with Gasteiger partial charge in [0.2, 0.25) is 11.8 Å². The van der Waals surface area contributed by atoms with Crippen LogP contribution in [0, 0.1) is 0 Å². The van der Waals surface area contributed by atoms with Gasteiger partial charge in [-0.25, -0.2) is 4.68 Å². The number of piperidine rings is 1. The van der Waals surface area contributed by atoms with Crippen molar-refractivity contribution in [3.63, 3.8) is 0 Å². The van der Waals surface area contributed by atoms with Gasteiger partial charge in [0.05, 0.1) is 18.3 Å². The maximum absolute atomic E-state index is 13.0. The third-order valence-corrected chi connectivity index (χ3v) is 6.51. The van der Waals surface area contributed by atoms with Crippen molar-refractivity contribution in [1.82, 2.24) is 35.7 Å². The third kappa shape index (κ3) is 5.25. The summed E-state index contributed by atoms with van der Waals surface area (Å²) in [6.07, 6.45) is 8.79. The van der Waals surface area contributed by atoms with E-state index in [1.54, 1.807) is 25.5 Å². The Balaban J connectivity index is 1.15. The van der Waals surface area contributed by atoms with Gasteiger partial charge in [-0.2, -0.15) is 5.10 Å². The van der Waals surface area contributed by atoms with E-state index in [0.29, 0.717) is 13.0 Å². The quantitative estimate of drug-likeness (QED) is 0.330. The number of hydrogen-bond donors (Lipinski definition) is 4. The van der Waals surface area contributed by atoms with E-state index in [1.807, 2.05) is 41.2 Å². The fourth-order valence-electron chi connectivity index (χ4n) is 4.61. The van der Waals surface area contributed by atoms with E-state index in [1.165, 1.54) is 5.56 Å². The standard InChI is InChI=1S/C26H29N7O2/c1-17(25(34)29-16-21-12-20-15-27-9-7-23(20)32-21)31-26(35)24-14-19(6-10-28-24)18-4-2-5-22(13-18)33-11-3-8-30-33/h2-5,7-9,11-13,15,17,19,24,28,32H,6,10,14,16H2,1H3,(H,29,34)(H,31,35)/t17-,19-,24+/m0/s1. The Kier molecular flexibility index (Phi) is 6.58. The largest absolute Gasteiger partial charge is 0.357 e. The minimum atomic E-state index is -0.640. The molecular weight excluding hydrogens is 442 g/mol. The summed E-state index contributed by atoms with van der Waals surface area (Å²) in [5.74, 6) is -0.130. The summed E-state index contributed by atoms with van der Waals surface area (Å²) in [6.45, 7) is 2.80. The highest BCUT2D eigenvalue weighted by Crippen LogP contribution is 2.29. The lowest BCUT2D eigenvalue weighted by molar-refractivity contribution is -0.130. The fourth-order valence-corrected chi connectivity index (χ4v) is 4.61. The van der Waals surface area contributed by atoms with Crippen LogP contribution in [-0.2, 0) is 16.1 Å². The second-order valence-corrected chi connectivity index (χ2v) is 8.98. The van der Waals surface area contributed by atoms with Gasteiger partial charge in [-0.3, -0.25) is 14.6 Å². The summed E-state index contributed by atoms with van der Waals surface area (Å²) >= 11 is 0. The monoisotopic (exact) mass is 471 g/mol. The third-order valence-electron chi connectivity index (χ3n) is 6.51. The summed E-state index contributed by atoms with van der Waals surface area (Å²) in [6, 6.07) is 13.0. The normalized spacial score (nSPS) is 18.8. The number of hydrogen-bond acceptors (Lipinski definition) is 5. The number of nitrogens with zero attached hydrogens (tertiary/aromatic N) is 3. The topological polar surface area (TPSA) is 117 Å². The highest BCUT2D eigenvalue weighted by Gasteiger charge is 2.29. The van der Waals surface area contributed by atoms with E-state index in [0.717, 1.165) is 35.2 Å². The molecule has 0 unspecified atom stereocenters. The summed E-state index contributed by atoms with van der Waals surface area (Å²) in [5.41, 5.74) is 4.05. The van der Waals surface area contributed by atoms with Crippen LogP contribution in [0.1, 0.15) is 36.9 Å². The number of pyridine rings is 1. The van der Waals surface area contributed by atoms with Crippen LogP contribution >= 0.6 is 0 Å². The molecule has 4 aromatic rings. The molecule has 4 N–H and O–H groups in total. The molecule has 3 atom stereocenters. The number of fused-ring (bicyclic) bond motifs is 1. The van der Waals surface area contributed by atoms with Crippen LogP contribution < -0.4 is 16.0 Å². The molecule has 3 aromatic heterocycles. The lowest BCUT2D eigenvalue weighted by Crippen LogP contribution is -2.53. The molecule has 0 radical (unpaired) electrons. The molecule has 1 aliphatic heterocycles. The van der Waals surface area contributed by atoms with Crippen molar-refractivity contribution < 1.29 is 9.59 Å². The van der Waals surface area contributed by atoms with Gasteiger partial charge in [-0.05, 0) is 68.1 Å². The van der Waals surface area contributed by atoms with Gasteiger partial charge in [0, 0.05) is 41.4 Å². The predicted octanol–water partition coefficient (Wildman–Crippen LogP) is 2.41. The number of benzene rings is 1. The van der Waals surface area contributed by atoms with Gasteiger partial charge < -0.3 is 20.9 Å². The maximum Gasteiger partial charge on any atom is 0.242 e. The molecule has 2 amide bonds. The van der Waals surface area contributed by atoms with Gasteiger partial charge in [0.1, 0.15) is 6.04 Å². The number of nitrogens with one attached hydrogen (secondary N) is 4. The molecular formula is C26H29N7O2. The number of rotatable bonds is 7. The van der Waals surface area contributed by atoms with Gasteiger partial charge >= 0.3 is 0 Å². The summed E-state index contributed by atoms with van der Waals surface area (Å²) in [4.78, 5) is 32.9. The Morgan fingerprint density at radius 2 is 2.11 bits per heavy atom. The molecule has 1 aromatic carbocycles. The molecule has 1 aliphatic rings. The van der Waals surface area contributed by atoms with E-state index in [4.69, 9.17) is 0 Å². The second kappa shape index (κ2) is 10.1. The van der Waals surface area contributed by atoms with E-state index in [-0.39, 0.29) is 23.8 Å². The first-order valence-corrected chi connectivity index (χ1v) is 11.9. The van der Waals surface area contributed by atoms with Crippen LogP contribution in [0.4, 0.5) is 0 Å². The van der Waals surface area contributed by atoms with Crippen molar-refractivity contribution in [2.24, 2.45) is 0 Å². The van der Waals surface area contributed by atoms with Crippen LogP contribution in [0.15, 0.2) is 67.3 Å². The van der Waals surface area contributed by atoms with Gasteiger partial charge in [0.15, 0.2) is 0 Å². The number of carbonyl (C=O) groups excluding carboxylic acids is 2. The Labute approximate surface area is 203 Å². The fraction of sp³-hybridized carbons (Fsp3) is 0.308. The molecule has 180 valence electrons. The van der Waals surface area contributed by atoms with E-state index >= 15 is 0 Å². The van der Waals surface area contributed by atoms with E-state index < -0.39 is 6.04 Å². The zero-order valence-corrected chi connectivity index (χ0v) is 19.6. The second-order valence-electron chi connectivity index (χ2n) is 8.98. The van der Waals surface area contributed by atoms with Crippen LogP contribution in [-0.4, -0.2) is 50.2 Å². The number of aromatic amines is 1. The molecule has 4 heterocycles. The average Bonchev–Trinajstić information content (AvgIpc) is 3.57. The SMILES string of the molecule is C[C@H](NC(=O)[C@H]1C[C@@H](c2cccc(-n3cccn3)c2)CCN1)C(=O)NCc1cc2cnccc2[nH]1. The minimum absolute atomic E-state index is 0.155. The first-order chi connectivity index (χ1) is 17.1. The molecule has 9 nitrogen and oxygen atoms in total.